The van der Waals surface area contributed by atoms with Crippen LogP contribution in [0, 0.1) is 0 Å². The Kier molecular flexibility index (Phi) is 8.33. The molecule has 1 aliphatic heterocycles. The molecule has 0 amide bonds. The van der Waals surface area contributed by atoms with E-state index in [1.54, 1.807) is 0 Å². The van der Waals surface area contributed by atoms with E-state index in [4.69, 9.17) is 4.99 Å². The van der Waals surface area contributed by atoms with Crippen molar-refractivity contribution in [2.45, 2.75) is 65.0 Å². The molecule has 0 aromatic heterocycles. The van der Waals surface area contributed by atoms with Gasteiger partial charge in [-0.15, -0.1) is 0 Å². The van der Waals surface area contributed by atoms with E-state index in [1.165, 1.54) is 32.1 Å². The summed E-state index contributed by atoms with van der Waals surface area (Å²) in [5, 5.41) is 3.50. The Morgan fingerprint density at radius 2 is 1.79 bits per heavy atom. The molecule has 0 radical (unpaired) electrons. The Labute approximate surface area is 149 Å². The molecule has 1 N–H and O–H groups in total. The summed E-state index contributed by atoms with van der Waals surface area (Å²) >= 11 is 0. The predicted octanol–water partition coefficient (Wildman–Crippen LogP) is 2.24. The molecular formula is C19H39N5. The molecule has 1 heterocycles. The monoisotopic (exact) mass is 337 g/mol. The van der Waals surface area contributed by atoms with Gasteiger partial charge in [0, 0.05) is 38.3 Å². The number of nitrogens with one attached hydrogen (secondary N) is 1. The Balaban J connectivity index is 1.84. The van der Waals surface area contributed by atoms with Gasteiger partial charge < -0.3 is 15.1 Å². The molecule has 1 unspecified atom stereocenters. The van der Waals surface area contributed by atoms with Crippen molar-refractivity contribution < 1.29 is 0 Å². The third-order valence-electron chi connectivity index (χ3n) is 5.79. The quantitative estimate of drug-likeness (QED) is 0.544. The third kappa shape index (κ3) is 5.35. The molecule has 1 saturated heterocycles. The number of nitrogens with zero attached hydrogens (tertiary/aromatic N) is 4. The number of likely N-dealkylation sites (N-methyl/N-ethyl adjacent to an activating group) is 2. The summed E-state index contributed by atoms with van der Waals surface area (Å²) in [5.74, 6) is 1.12. The maximum atomic E-state index is 4.92. The first-order valence-electron chi connectivity index (χ1n) is 10.2. The maximum Gasteiger partial charge on any atom is 0.194 e. The molecule has 5 heteroatoms. The van der Waals surface area contributed by atoms with Crippen LogP contribution in [-0.2, 0) is 0 Å². The predicted molar refractivity (Wildman–Crippen MR) is 104 cm³/mol. The largest absolute Gasteiger partial charge is 0.357 e. The van der Waals surface area contributed by atoms with Gasteiger partial charge in [-0.25, -0.2) is 0 Å². The second kappa shape index (κ2) is 10.2. The van der Waals surface area contributed by atoms with Crippen LogP contribution in [0.25, 0.3) is 0 Å². The number of hydrogen-bond acceptors (Lipinski definition) is 3. The fourth-order valence-electron chi connectivity index (χ4n) is 4.24. The molecule has 0 aromatic rings. The first-order chi connectivity index (χ1) is 11.7. The fourth-order valence-corrected chi connectivity index (χ4v) is 4.24. The van der Waals surface area contributed by atoms with Crippen LogP contribution in [0.5, 0.6) is 0 Å². The molecule has 2 rings (SSSR count). The van der Waals surface area contributed by atoms with Crippen LogP contribution in [0.2, 0.25) is 0 Å². The van der Waals surface area contributed by atoms with E-state index in [-0.39, 0.29) is 0 Å². The number of likely N-dealkylation sites (tertiary alicyclic amines) is 1. The van der Waals surface area contributed by atoms with Crippen molar-refractivity contribution in [3.8, 4) is 0 Å². The van der Waals surface area contributed by atoms with Gasteiger partial charge in [0.15, 0.2) is 5.96 Å². The van der Waals surface area contributed by atoms with Gasteiger partial charge in [0.1, 0.15) is 0 Å². The molecule has 0 aromatic carbocycles. The molecule has 1 saturated carbocycles. The van der Waals surface area contributed by atoms with Crippen LogP contribution in [0.15, 0.2) is 4.99 Å². The SMILES string of the molecule is CCNC(=NCCN(C)C1CCCC1)N1CCC(N(CC)CC)C1. The van der Waals surface area contributed by atoms with Gasteiger partial charge in [0.25, 0.3) is 0 Å². The lowest BCUT2D eigenvalue weighted by atomic mass is 10.2. The van der Waals surface area contributed by atoms with E-state index in [0.29, 0.717) is 6.04 Å². The van der Waals surface area contributed by atoms with Crippen LogP contribution in [0.3, 0.4) is 0 Å². The molecular weight excluding hydrogens is 298 g/mol. The topological polar surface area (TPSA) is 34.1 Å². The Morgan fingerprint density at radius 3 is 2.42 bits per heavy atom. The van der Waals surface area contributed by atoms with Gasteiger partial charge in [-0.3, -0.25) is 9.89 Å². The minimum atomic E-state index is 0.685. The van der Waals surface area contributed by atoms with Gasteiger partial charge in [0.2, 0.25) is 0 Å². The van der Waals surface area contributed by atoms with E-state index in [2.05, 4.69) is 47.8 Å². The normalized spacial score (nSPS) is 23.0. The van der Waals surface area contributed by atoms with Gasteiger partial charge in [-0.2, -0.15) is 0 Å². The molecule has 2 fully saturated rings. The van der Waals surface area contributed by atoms with Crippen molar-refractivity contribution >= 4 is 5.96 Å². The highest BCUT2D eigenvalue weighted by atomic mass is 15.3. The molecule has 1 aliphatic carbocycles. The van der Waals surface area contributed by atoms with E-state index in [9.17, 15) is 0 Å². The Bertz CT molecular complexity index is 374. The van der Waals surface area contributed by atoms with Crippen LogP contribution < -0.4 is 5.32 Å². The maximum absolute atomic E-state index is 4.92. The van der Waals surface area contributed by atoms with Gasteiger partial charge in [-0.05, 0) is 46.3 Å². The van der Waals surface area contributed by atoms with Gasteiger partial charge in [0.05, 0.1) is 6.54 Å². The van der Waals surface area contributed by atoms with Crippen molar-refractivity contribution in [3.05, 3.63) is 0 Å². The van der Waals surface area contributed by atoms with Crippen molar-refractivity contribution in [2.75, 3.05) is 52.9 Å². The van der Waals surface area contributed by atoms with E-state index >= 15 is 0 Å². The van der Waals surface area contributed by atoms with E-state index in [1.807, 2.05) is 0 Å². The molecule has 2 aliphatic rings. The fraction of sp³-hybridized carbons (Fsp3) is 0.947. The summed E-state index contributed by atoms with van der Waals surface area (Å²) in [7, 11) is 2.27. The highest BCUT2D eigenvalue weighted by Crippen LogP contribution is 2.22. The first kappa shape index (κ1) is 19.5. The van der Waals surface area contributed by atoms with Crippen LogP contribution in [0.4, 0.5) is 0 Å². The number of hydrogen-bond donors (Lipinski definition) is 1. The van der Waals surface area contributed by atoms with E-state index < -0.39 is 0 Å². The zero-order valence-corrected chi connectivity index (χ0v) is 16.4. The standard InChI is InChI=1S/C19H39N5/c1-5-20-19(21-13-15-22(4)17-10-8-9-11-17)24-14-12-18(16-24)23(6-2)7-3/h17-18H,5-16H2,1-4H3,(H,20,21). The Morgan fingerprint density at radius 1 is 1.08 bits per heavy atom. The molecule has 0 spiro atoms. The average molecular weight is 338 g/mol. The minimum Gasteiger partial charge on any atom is -0.357 e. The first-order valence-corrected chi connectivity index (χ1v) is 10.2. The highest BCUT2D eigenvalue weighted by Gasteiger charge is 2.28. The summed E-state index contributed by atoms with van der Waals surface area (Å²) < 4.78 is 0. The molecule has 1 atom stereocenters. The lowest BCUT2D eigenvalue weighted by Gasteiger charge is -2.27. The Hall–Kier alpha value is -0.810. The van der Waals surface area contributed by atoms with Crippen LogP contribution >= 0.6 is 0 Å². The average Bonchev–Trinajstić information content (AvgIpc) is 3.27. The number of rotatable bonds is 8. The molecule has 140 valence electrons. The zero-order chi connectivity index (χ0) is 17.4. The van der Waals surface area contributed by atoms with Crippen molar-refractivity contribution in [2.24, 2.45) is 4.99 Å². The lowest BCUT2D eigenvalue weighted by molar-refractivity contribution is 0.223. The number of aliphatic imine (C=N–C) groups is 1. The summed E-state index contributed by atoms with van der Waals surface area (Å²) in [6.07, 6.45) is 6.81. The minimum absolute atomic E-state index is 0.685. The van der Waals surface area contributed by atoms with Crippen LogP contribution in [-0.4, -0.2) is 85.6 Å². The highest BCUT2D eigenvalue weighted by molar-refractivity contribution is 5.80. The summed E-state index contributed by atoms with van der Waals surface area (Å²) in [6.45, 7) is 14.2. The van der Waals surface area contributed by atoms with Gasteiger partial charge in [-0.1, -0.05) is 26.7 Å². The molecule has 24 heavy (non-hydrogen) atoms. The van der Waals surface area contributed by atoms with Crippen LogP contribution in [0.1, 0.15) is 52.9 Å². The van der Waals surface area contributed by atoms with E-state index in [0.717, 1.165) is 57.8 Å². The zero-order valence-electron chi connectivity index (χ0n) is 16.4. The number of guanidine groups is 1. The molecule has 0 bridgehead atoms. The summed E-state index contributed by atoms with van der Waals surface area (Å²) in [5.41, 5.74) is 0. The van der Waals surface area contributed by atoms with Crippen molar-refractivity contribution in [3.63, 3.8) is 0 Å². The smallest absolute Gasteiger partial charge is 0.194 e. The summed E-state index contributed by atoms with van der Waals surface area (Å²) in [4.78, 5) is 12.5. The summed E-state index contributed by atoms with van der Waals surface area (Å²) in [6, 6.07) is 1.48. The third-order valence-corrected chi connectivity index (χ3v) is 5.79. The molecule has 5 nitrogen and oxygen atoms in total. The lowest BCUT2D eigenvalue weighted by Crippen LogP contribution is -2.43. The van der Waals surface area contributed by atoms with Crippen molar-refractivity contribution in [1.29, 1.82) is 0 Å². The second-order valence-electron chi connectivity index (χ2n) is 7.26. The van der Waals surface area contributed by atoms with Gasteiger partial charge >= 0.3 is 0 Å². The second-order valence-corrected chi connectivity index (χ2v) is 7.26. The van der Waals surface area contributed by atoms with Crippen molar-refractivity contribution in [1.82, 2.24) is 20.0 Å².